The van der Waals surface area contributed by atoms with Gasteiger partial charge in [-0.15, -0.1) is 0 Å². The fraction of sp³-hybridized carbons (Fsp3) is 0.318. The summed E-state index contributed by atoms with van der Waals surface area (Å²) in [5.74, 6) is -0.172. The molecule has 7 heteroatoms. The zero-order chi connectivity index (χ0) is 20.9. The van der Waals surface area contributed by atoms with E-state index in [4.69, 9.17) is 11.6 Å². The van der Waals surface area contributed by atoms with Gasteiger partial charge < -0.3 is 5.32 Å². The second kappa shape index (κ2) is 9.11. The number of hydrogen-bond acceptors (Lipinski definition) is 3. The third-order valence-electron chi connectivity index (χ3n) is 5.32. The topological polar surface area (TPSA) is 75.3 Å². The van der Waals surface area contributed by atoms with E-state index in [1.54, 1.807) is 25.1 Å². The minimum atomic E-state index is -3.47. The molecule has 0 radical (unpaired) electrons. The number of benzene rings is 2. The van der Waals surface area contributed by atoms with Gasteiger partial charge in [-0.2, -0.15) is 0 Å². The molecule has 3 rings (SSSR count). The number of halogens is 1. The molecule has 1 fully saturated rings. The molecule has 29 heavy (non-hydrogen) atoms. The Hall–Kier alpha value is -2.15. The van der Waals surface area contributed by atoms with Gasteiger partial charge >= 0.3 is 0 Å². The number of rotatable bonds is 8. The molecule has 0 bridgehead atoms. The van der Waals surface area contributed by atoms with Crippen LogP contribution in [0.5, 0.6) is 0 Å². The monoisotopic (exact) mass is 432 g/mol. The lowest BCUT2D eigenvalue weighted by molar-refractivity contribution is -0.116. The van der Waals surface area contributed by atoms with E-state index in [-0.39, 0.29) is 16.2 Å². The summed E-state index contributed by atoms with van der Waals surface area (Å²) in [6.07, 6.45) is 6.38. The second-order valence-corrected chi connectivity index (χ2v) is 9.47. The number of hydrogen-bond donors (Lipinski definition) is 2. The Morgan fingerprint density at radius 2 is 1.76 bits per heavy atom. The van der Waals surface area contributed by atoms with Crippen molar-refractivity contribution < 1.29 is 13.2 Å². The van der Waals surface area contributed by atoms with Gasteiger partial charge in [-0.1, -0.05) is 49.2 Å². The van der Waals surface area contributed by atoms with Crippen LogP contribution in [0.4, 0.5) is 0 Å². The SMILES string of the molecule is CCNS(=O)(=O)c1ccc(/C=C/C(=O)NCC2(c3ccc(Cl)cc3)CCC2)cc1. The Kier molecular flexibility index (Phi) is 6.77. The molecule has 0 aliphatic heterocycles. The third kappa shape index (κ3) is 5.26. The molecular weight excluding hydrogens is 408 g/mol. The Bertz CT molecular complexity index is 980. The van der Waals surface area contributed by atoms with Crippen molar-refractivity contribution in [3.8, 4) is 0 Å². The molecule has 1 aliphatic rings. The third-order valence-corrected chi connectivity index (χ3v) is 7.13. The number of sulfonamides is 1. The van der Waals surface area contributed by atoms with Gasteiger partial charge in [0, 0.05) is 29.6 Å². The molecule has 0 aromatic heterocycles. The highest BCUT2D eigenvalue weighted by molar-refractivity contribution is 7.89. The Morgan fingerprint density at radius 1 is 1.10 bits per heavy atom. The van der Waals surface area contributed by atoms with E-state index in [2.05, 4.69) is 10.0 Å². The molecule has 5 nitrogen and oxygen atoms in total. The number of nitrogens with one attached hydrogen (secondary N) is 2. The second-order valence-electron chi connectivity index (χ2n) is 7.26. The van der Waals surface area contributed by atoms with Gasteiger partial charge in [-0.3, -0.25) is 4.79 Å². The maximum absolute atomic E-state index is 12.3. The first-order valence-corrected chi connectivity index (χ1v) is 11.5. The molecule has 0 spiro atoms. The number of carbonyl (C=O) groups is 1. The van der Waals surface area contributed by atoms with Gasteiger partial charge in [0.15, 0.2) is 0 Å². The zero-order valence-electron chi connectivity index (χ0n) is 16.3. The van der Waals surface area contributed by atoms with E-state index in [1.807, 2.05) is 24.3 Å². The van der Waals surface area contributed by atoms with Crippen LogP contribution in [0.15, 0.2) is 59.5 Å². The highest BCUT2D eigenvalue weighted by atomic mass is 35.5. The van der Waals surface area contributed by atoms with E-state index in [9.17, 15) is 13.2 Å². The summed E-state index contributed by atoms with van der Waals surface area (Å²) in [5, 5.41) is 3.70. The molecule has 1 aliphatic carbocycles. The highest BCUT2D eigenvalue weighted by Crippen LogP contribution is 2.43. The molecule has 0 unspecified atom stereocenters. The van der Waals surface area contributed by atoms with Crippen molar-refractivity contribution in [1.82, 2.24) is 10.0 Å². The van der Waals surface area contributed by atoms with E-state index in [0.29, 0.717) is 18.1 Å². The fourth-order valence-corrected chi connectivity index (χ4v) is 4.66. The van der Waals surface area contributed by atoms with Gasteiger partial charge in [0.2, 0.25) is 15.9 Å². The largest absolute Gasteiger partial charge is 0.352 e. The van der Waals surface area contributed by atoms with Crippen molar-refractivity contribution in [3.63, 3.8) is 0 Å². The molecule has 2 aromatic carbocycles. The van der Waals surface area contributed by atoms with E-state index < -0.39 is 10.0 Å². The predicted octanol–water partition coefficient (Wildman–Crippen LogP) is 3.89. The van der Waals surface area contributed by atoms with Crippen LogP contribution in [-0.4, -0.2) is 27.4 Å². The summed E-state index contributed by atoms with van der Waals surface area (Å²) in [5.41, 5.74) is 1.94. The zero-order valence-corrected chi connectivity index (χ0v) is 17.9. The smallest absolute Gasteiger partial charge is 0.244 e. The quantitative estimate of drug-likeness (QED) is 0.621. The number of carbonyl (C=O) groups excluding carboxylic acids is 1. The summed E-state index contributed by atoms with van der Waals surface area (Å²) in [4.78, 5) is 12.5. The van der Waals surface area contributed by atoms with Crippen LogP contribution in [0, 0.1) is 0 Å². The Balaban J connectivity index is 1.59. The maximum atomic E-state index is 12.3. The predicted molar refractivity (Wildman–Crippen MR) is 116 cm³/mol. The molecule has 0 atom stereocenters. The van der Waals surface area contributed by atoms with Gasteiger partial charge in [-0.25, -0.2) is 13.1 Å². The molecule has 1 amide bonds. The first-order chi connectivity index (χ1) is 13.8. The average molecular weight is 433 g/mol. The fourth-order valence-electron chi connectivity index (χ4n) is 3.49. The van der Waals surface area contributed by atoms with Gasteiger partial charge in [0.1, 0.15) is 0 Å². The highest BCUT2D eigenvalue weighted by Gasteiger charge is 2.38. The van der Waals surface area contributed by atoms with Crippen molar-refractivity contribution >= 4 is 33.6 Å². The van der Waals surface area contributed by atoms with Crippen molar-refractivity contribution in [2.75, 3.05) is 13.1 Å². The summed E-state index contributed by atoms with van der Waals surface area (Å²) in [6.45, 7) is 2.65. The van der Waals surface area contributed by atoms with Crippen molar-refractivity contribution in [2.24, 2.45) is 0 Å². The van der Waals surface area contributed by atoms with Crippen LogP contribution < -0.4 is 10.0 Å². The lowest BCUT2D eigenvalue weighted by Gasteiger charge is -2.42. The summed E-state index contributed by atoms with van der Waals surface area (Å²) >= 11 is 5.98. The van der Waals surface area contributed by atoms with Crippen molar-refractivity contribution in [1.29, 1.82) is 0 Å². The van der Waals surface area contributed by atoms with E-state index in [1.165, 1.54) is 23.8 Å². The van der Waals surface area contributed by atoms with Gasteiger partial charge in [0.25, 0.3) is 0 Å². The molecule has 2 aromatic rings. The van der Waals surface area contributed by atoms with Crippen molar-refractivity contribution in [2.45, 2.75) is 36.5 Å². The van der Waals surface area contributed by atoms with Crippen LogP contribution in [0.3, 0.4) is 0 Å². The minimum Gasteiger partial charge on any atom is -0.352 e. The van der Waals surface area contributed by atoms with Crippen LogP contribution in [0.1, 0.15) is 37.3 Å². The van der Waals surface area contributed by atoms with Crippen LogP contribution in [0.25, 0.3) is 6.08 Å². The number of amides is 1. The van der Waals surface area contributed by atoms with Gasteiger partial charge in [-0.05, 0) is 54.3 Å². The molecule has 154 valence electrons. The molecule has 2 N–H and O–H groups in total. The average Bonchev–Trinajstić information content (AvgIpc) is 2.67. The van der Waals surface area contributed by atoms with Crippen LogP contribution in [-0.2, 0) is 20.2 Å². The van der Waals surface area contributed by atoms with Crippen molar-refractivity contribution in [3.05, 3.63) is 70.8 Å². The standard InChI is InChI=1S/C22H25ClN2O3S/c1-2-25-29(27,28)20-11-4-17(5-12-20)6-13-21(26)24-16-22(14-3-15-22)18-7-9-19(23)10-8-18/h4-13,25H,2-3,14-16H2,1H3,(H,24,26)/b13-6+. The Labute approximate surface area is 177 Å². The maximum Gasteiger partial charge on any atom is 0.244 e. The normalized spacial score (nSPS) is 15.8. The molecule has 0 heterocycles. The summed E-state index contributed by atoms with van der Waals surface area (Å²) in [7, 11) is -3.47. The Morgan fingerprint density at radius 3 is 2.31 bits per heavy atom. The minimum absolute atomic E-state index is 0.0175. The van der Waals surface area contributed by atoms with Crippen LogP contribution >= 0.6 is 11.6 Å². The lowest BCUT2D eigenvalue weighted by Crippen LogP contribution is -2.45. The molecular formula is C22H25ClN2O3S. The van der Waals surface area contributed by atoms with E-state index >= 15 is 0 Å². The van der Waals surface area contributed by atoms with Crippen LogP contribution in [0.2, 0.25) is 5.02 Å². The summed E-state index contributed by atoms with van der Waals surface area (Å²) < 4.78 is 26.4. The first kappa shape index (κ1) is 21.6. The molecule has 0 saturated heterocycles. The molecule has 1 saturated carbocycles. The first-order valence-electron chi connectivity index (χ1n) is 9.66. The summed E-state index contributed by atoms with van der Waals surface area (Å²) in [6, 6.07) is 14.2. The lowest BCUT2D eigenvalue weighted by atomic mass is 9.64. The van der Waals surface area contributed by atoms with Gasteiger partial charge in [0.05, 0.1) is 4.90 Å². The van der Waals surface area contributed by atoms with E-state index in [0.717, 1.165) is 24.8 Å².